The Morgan fingerprint density at radius 3 is 2.68 bits per heavy atom. The highest BCUT2D eigenvalue weighted by atomic mass is 16.2. The molecule has 0 spiro atoms. The lowest BCUT2D eigenvalue weighted by Gasteiger charge is -2.19. The number of aromatic nitrogens is 1. The van der Waals surface area contributed by atoms with Gasteiger partial charge in [-0.15, -0.1) is 0 Å². The first kappa shape index (κ1) is 12.4. The molecule has 2 aliphatic rings. The van der Waals surface area contributed by atoms with Crippen molar-refractivity contribution >= 4 is 5.91 Å². The minimum absolute atomic E-state index is 0.171. The van der Waals surface area contributed by atoms with Gasteiger partial charge in [0, 0.05) is 11.7 Å². The highest BCUT2D eigenvalue weighted by Crippen LogP contribution is 2.32. The standard InChI is InChI=1S/C14H19N3O2/c15-16-13(18)11-8-9-4-3-7-12(9)17(14(11)19)10-5-1-2-6-10/h8,10H,1-7,15H2,(H,16,18). The number of amides is 1. The lowest BCUT2D eigenvalue weighted by atomic mass is 10.1. The van der Waals surface area contributed by atoms with E-state index < -0.39 is 5.91 Å². The van der Waals surface area contributed by atoms with Gasteiger partial charge in [-0.2, -0.15) is 0 Å². The number of hydrogen-bond acceptors (Lipinski definition) is 3. The minimum atomic E-state index is -0.480. The SMILES string of the molecule is NNC(=O)c1cc2c(n(C3CCCC3)c1=O)CCC2. The van der Waals surface area contributed by atoms with E-state index in [0.717, 1.165) is 43.4 Å². The van der Waals surface area contributed by atoms with Crippen molar-refractivity contribution in [3.05, 3.63) is 33.2 Å². The zero-order chi connectivity index (χ0) is 13.4. The summed E-state index contributed by atoms with van der Waals surface area (Å²) < 4.78 is 1.89. The van der Waals surface area contributed by atoms with E-state index in [9.17, 15) is 9.59 Å². The normalized spacial score (nSPS) is 18.6. The number of fused-ring (bicyclic) bond motifs is 1. The summed E-state index contributed by atoms with van der Waals surface area (Å²) in [7, 11) is 0. The van der Waals surface area contributed by atoms with E-state index in [4.69, 9.17) is 5.84 Å². The molecule has 1 fully saturated rings. The smallest absolute Gasteiger partial charge is 0.270 e. The first-order chi connectivity index (χ1) is 9.22. The monoisotopic (exact) mass is 261 g/mol. The second kappa shape index (κ2) is 4.81. The number of aryl methyl sites for hydroxylation is 1. The van der Waals surface area contributed by atoms with Gasteiger partial charge in [0.25, 0.3) is 11.5 Å². The highest BCUT2D eigenvalue weighted by molar-refractivity contribution is 5.93. The first-order valence-electron chi connectivity index (χ1n) is 7.00. The maximum absolute atomic E-state index is 12.6. The summed E-state index contributed by atoms with van der Waals surface area (Å²) in [6, 6.07) is 2.00. The van der Waals surface area contributed by atoms with Gasteiger partial charge in [-0.05, 0) is 43.7 Å². The fraction of sp³-hybridized carbons (Fsp3) is 0.571. The van der Waals surface area contributed by atoms with E-state index in [2.05, 4.69) is 5.43 Å². The lowest BCUT2D eigenvalue weighted by molar-refractivity contribution is 0.0951. The molecule has 0 radical (unpaired) electrons. The predicted molar refractivity (Wildman–Crippen MR) is 71.9 cm³/mol. The molecule has 0 saturated heterocycles. The number of carbonyl (C=O) groups excluding carboxylic acids is 1. The van der Waals surface area contributed by atoms with Gasteiger partial charge in [-0.25, -0.2) is 5.84 Å². The van der Waals surface area contributed by atoms with Crippen LogP contribution in [-0.4, -0.2) is 10.5 Å². The van der Waals surface area contributed by atoms with E-state index in [1.54, 1.807) is 6.07 Å². The molecule has 1 heterocycles. The Hall–Kier alpha value is -1.62. The highest BCUT2D eigenvalue weighted by Gasteiger charge is 2.27. The number of nitrogens with zero attached hydrogens (tertiary/aromatic N) is 1. The number of pyridine rings is 1. The van der Waals surface area contributed by atoms with Crippen molar-refractivity contribution in [2.24, 2.45) is 5.84 Å². The van der Waals surface area contributed by atoms with Crippen LogP contribution in [0.1, 0.15) is 59.8 Å². The minimum Gasteiger partial charge on any atom is -0.309 e. The van der Waals surface area contributed by atoms with Gasteiger partial charge >= 0.3 is 0 Å². The van der Waals surface area contributed by atoms with Crippen molar-refractivity contribution in [1.82, 2.24) is 9.99 Å². The molecule has 3 N–H and O–H groups in total. The number of carbonyl (C=O) groups is 1. The molecule has 19 heavy (non-hydrogen) atoms. The van der Waals surface area contributed by atoms with Gasteiger partial charge in [0.2, 0.25) is 0 Å². The van der Waals surface area contributed by atoms with E-state index >= 15 is 0 Å². The molecule has 1 amide bonds. The molecule has 1 aromatic rings. The summed E-state index contributed by atoms with van der Waals surface area (Å²) in [5.74, 6) is 4.69. The zero-order valence-electron chi connectivity index (χ0n) is 10.9. The number of hydrazine groups is 1. The Balaban J connectivity index is 2.17. The first-order valence-corrected chi connectivity index (χ1v) is 7.00. The molecule has 5 heteroatoms. The van der Waals surface area contributed by atoms with Crippen molar-refractivity contribution in [3.8, 4) is 0 Å². The fourth-order valence-electron chi connectivity index (χ4n) is 3.46. The van der Waals surface area contributed by atoms with Crippen LogP contribution in [0.3, 0.4) is 0 Å². The average molecular weight is 261 g/mol. The summed E-state index contributed by atoms with van der Waals surface area (Å²) in [6.07, 6.45) is 7.38. The summed E-state index contributed by atoms with van der Waals surface area (Å²) in [5.41, 5.74) is 4.39. The van der Waals surface area contributed by atoms with E-state index in [1.165, 1.54) is 12.8 Å². The molecule has 0 aliphatic heterocycles. The Kier molecular flexibility index (Phi) is 3.14. The van der Waals surface area contributed by atoms with Gasteiger partial charge in [0.05, 0.1) is 0 Å². The third-order valence-electron chi connectivity index (χ3n) is 4.35. The Bertz CT molecular complexity index is 571. The van der Waals surface area contributed by atoms with Crippen molar-refractivity contribution in [2.45, 2.75) is 51.0 Å². The summed E-state index contributed by atoms with van der Waals surface area (Å²) >= 11 is 0. The summed E-state index contributed by atoms with van der Waals surface area (Å²) in [6.45, 7) is 0. The van der Waals surface area contributed by atoms with Gasteiger partial charge in [-0.3, -0.25) is 15.0 Å². The van der Waals surface area contributed by atoms with Crippen LogP contribution in [0.4, 0.5) is 0 Å². The number of rotatable bonds is 2. The number of nitrogens with one attached hydrogen (secondary N) is 1. The molecule has 3 rings (SSSR count). The molecule has 1 saturated carbocycles. The molecule has 102 valence electrons. The van der Waals surface area contributed by atoms with Crippen LogP contribution in [0.2, 0.25) is 0 Å². The van der Waals surface area contributed by atoms with Crippen LogP contribution < -0.4 is 16.8 Å². The molecule has 0 atom stereocenters. The third kappa shape index (κ3) is 1.98. The Labute approximate surface area is 111 Å². The van der Waals surface area contributed by atoms with Crippen LogP contribution in [0.5, 0.6) is 0 Å². The Morgan fingerprint density at radius 1 is 1.26 bits per heavy atom. The molecule has 5 nitrogen and oxygen atoms in total. The zero-order valence-corrected chi connectivity index (χ0v) is 10.9. The van der Waals surface area contributed by atoms with Gasteiger partial charge in [0.15, 0.2) is 0 Å². The second-order valence-corrected chi connectivity index (χ2v) is 5.47. The quantitative estimate of drug-likeness (QED) is 0.474. The largest absolute Gasteiger partial charge is 0.309 e. The fourth-order valence-corrected chi connectivity index (χ4v) is 3.46. The summed E-state index contributed by atoms with van der Waals surface area (Å²) in [5, 5.41) is 0. The van der Waals surface area contributed by atoms with Gasteiger partial charge in [0.1, 0.15) is 5.56 Å². The number of nitrogens with two attached hydrogens (primary N) is 1. The molecular weight excluding hydrogens is 242 g/mol. The maximum atomic E-state index is 12.6. The molecule has 0 unspecified atom stereocenters. The second-order valence-electron chi connectivity index (χ2n) is 5.47. The average Bonchev–Trinajstić information content (AvgIpc) is 3.07. The van der Waals surface area contributed by atoms with Crippen molar-refractivity contribution in [2.75, 3.05) is 0 Å². The topological polar surface area (TPSA) is 77.1 Å². The number of hydrogen-bond donors (Lipinski definition) is 2. The third-order valence-corrected chi connectivity index (χ3v) is 4.35. The maximum Gasteiger partial charge on any atom is 0.270 e. The van der Waals surface area contributed by atoms with Crippen LogP contribution >= 0.6 is 0 Å². The molecule has 0 bridgehead atoms. The van der Waals surface area contributed by atoms with E-state index in [0.29, 0.717) is 0 Å². The van der Waals surface area contributed by atoms with Crippen molar-refractivity contribution < 1.29 is 4.79 Å². The van der Waals surface area contributed by atoms with Crippen LogP contribution in [0, 0.1) is 0 Å². The van der Waals surface area contributed by atoms with Crippen molar-refractivity contribution in [1.29, 1.82) is 0 Å². The lowest BCUT2D eigenvalue weighted by Crippen LogP contribution is -2.38. The molecular formula is C14H19N3O2. The van der Waals surface area contributed by atoms with Crippen molar-refractivity contribution in [3.63, 3.8) is 0 Å². The predicted octanol–water partition coefficient (Wildman–Crippen LogP) is 1.06. The molecule has 1 aromatic heterocycles. The van der Waals surface area contributed by atoms with Crippen LogP contribution in [0.25, 0.3) is 0 Å². The van der Waals surface area contributed by atoms with Crippen LogP contribution in [0.15, 0.2) is 10.9 Å². The molecule has 2 aliphatic carbocycles. The van der Waals surface area contributed by atoms with E-state index in [1.807, 2.05) is 4.57 Å². The van der Waals surface area contributed by atoms with Gasteiger partial charge in [-0.1, -0.05) is 12.8 Å². The van der Waals surface area contributed by atoms with Gasteiger partial charge < -0.3 is 4.57 Å². The van der Waals surface area contributed by atoms with E-state index in [-0.39, 0.29) is 17.2 Å². The van der Waals surface area contributed by atoms with Crippen LogP contribution in [-0.2, 0) is 12.8 Å². The molecule has 0 aromatic carbocycles. The Morgan fingerprint density at radius 2 is 2.00 bits per heavy atom. The summed E-state index contributed by atoms with van der Waals surface area (Å²) in [4.78, 5) is 24.3. The number of nitrogen functional groups attached to an aromatic ring is 1.